The smallest absolute Gasteiger partial charge is 0.232 e. The van der Waals surface area contributed by atoms with Gasteiger partial charge in [-0.05, 0) is 36.4 Å². The number of nitrogens with zero attached hydrogens (tertiary/aromatic N) is 4. The summed E-state index contributed by atoms with van der Waals surface area (Å²) in [5.41, 5.74) is 3.04. The van der Waals surface area contributed by atoms with Crippen LogP contribution in [0.4, 0.5) is 0 Å². The lowest BCUT2D eigenvalue weighted by atomic mass is 10.3. The lowest BCUT2D eigenvalue weighted by molar-refractivity contribution is -0.655. The van der Waals surface area contributed by atoms with Crippen molar-refractivity contribution in [2.24, 2.45) is 0 Å². The third kappa shape index (κ3) is 1.97. The molecule has 0 bridgehead atoms. The van der Waals surface area contributed by atoms with Crippen molar-refractivity contribution in [2.45, 2.75) is 0 Å². The van der Waals surface area contributed by atoms with E-state index in [1.807, 2.05) is 59.4 Å². The van der Waals surface area contributed by atoms with E-state index in [-0.39, 0.29) is 0 Å². The predicted octanol–water partition coefficient (Wildman–Crippen LogP) is 2.70. The fourth-order valence-electron chi connectivity index (χ4n) is 2.42. The molecule has 21 heavy (non-hydrogen) atoms. The average molecular weight is 273 g/mol. The number of pyridine rings is 1. The molecule has 0 saturated heterocycles. The number of aromatic nitrogens is 4. The van der Waals surface area contributed by atoms with E-state index in [9.17, 15) is 0 Å². The Kier molecular flexibility index (Phi) is 2.71. The second kappa shape index (κ2) is 4.83. The first-order valence-corrected chi connectivity index (χ1v) is 6.80. The minimum absolute atomic E-state index is 0.789. The van der Waals surface area contributed by atoms with Crippen molar-refractivity contribution < 1.29 is 4.68 Å². The molecule has 0 radical (unpaired) electrons. The van der Waals surface area contributed by atoms with Gasteiger partial charge in [-0.25, -0.2) is 4.98 Å². The highest BCUT2D eigenvalue weighted by Crippen LogP contribution is 2.12. The van der Waals surface area contributed by atoms with Gasteiger partial charge in [0.2, 0.25) is 16.9 Å². The number of rotatable bonds is 2. The Bertz CT molecular complexity index is 882. The van der Waals surface area contributed by atoms with Crippen molar-refractivity contribution in [3.8, 4) is 11.5 Å². The van der Waals surface area contributed by atoms with E-state index in [1.165, 1.54) is 0 Å². The molecule has 0 aliphatic carbocycles. The van der Waals surface area contributed by atoms with Crippen LogP contribution in [-0.2, 0) is 0 Å². The van der Waals surface area contributed by atoms with Crippen LogP contribution in [0.3, 0.4) is 0 Å². The first-order valence-electron chi connectivity index (χ1n) is 6.80. The normalized spacial score (nSPS) is 10.9. The van der Waals surface area contributed by atoms with Crippen LogP contribution in [0, 0.1) is 0 Å². The molecular weight excluding hydrogens is 260 g/mol. The Morgan fingerprint density at radius 3 is 2.33 bits per heavy atom. The minimum atomic E-state index is 0.789. The summed E-state index contributed by atoms with van der Waals surface area (Å²) in [7, 11) is 0. The van der Waals surface area contributed by atoms with Gasteiger partial charge in [-0.2, -0.15) is 0 Å². The highest BCUT2D eigenvalue weighted by Gasteiger charge is 2.22. The molecule has 0 unspecified atom stereocenters. The van der Waals surface area contributed by atoms with E-state index in [0.29, 0.717) is 0 Å². The second-order valence-electron chi connectivity index (χ2n) is 4.71. The quantitative estimate of drug-likeness (QED) is 0.526. The van der Waals surface area contributed by atoms with Gasteiger partial charge in [0.25, 0.3) is 0 Å². The average Bonchev–Trinajstić information content (AvgIpc) is 2.96. The summed E-state index contributed by atoms with van der Waals surface area (Å²) in [5, 5.41) is 4.68. The minimum Gasteiger partial charge on any atom is -0.232 e. The first kappa shape index (κ1) is 11.8. The number of fused-ring (bicyclic) bond motifs is 1. The third-order valence-corrected chi connectivity index (χ3v) is 3.36. The summed E-state index contributed by atoms with van der Waals surface area (Å²) in [5.74, 6) is 0.789. The lowest BCUT2D eigenvalue weighted by Gasteiger charge is -2.01. The molecule has 0 aliphatic heterocycles. The van der Waals surface area contributed by atoms with Crippen LogP contribution in [0.15, 0.2) is 79.0 Å². The summed E-state index contributed by atoms with van der Waals surface area (Å²) in [6.07, 6.45) is 1.77. The summed E-state index contributed by atoms with van der Waals surface area (Å²) >= 11 is 0. The second-order valence-corrected chi connectivity index (χ2v) is 4.71. The maximum atomic E-state index is 4.68. The van der Waals surface area contributed by atoms with Gasteiger partial charge in [0, 0.05) is 11.0 Å². The molecule has 4 rings (SSSR count). The molecule has 0 N–H and O–H groups in total. The van der Waals surface area contributed by atoms with E-state index in [0.717, 1.165) is 22.5 Å². The maximum absolute atomic E-state index is 4.68. The van der Waals surface area contributed by atoms with Crippen LogP contribution in [0.2, 0.25) is 0 Å². The Morgan fingerprint density at radius 2 is 1.52 bits per heavy atom. The maximum Gasteiger partial charge on any atom is 0.250 e. The zero-order valence-electron chi connectivity index (χ0n) is 11.3. The van der Waals surface area contributed by atoms with E-state index < -0.39 is 0 Å². The predicted molar refractivity (Wildman–Crippen MR) is 80.4 cm³/mol. The van der Waals surface area contributed by atoms with Gasteiger partial charge in [0.05, 0.1) is 5.10 Å². The summed E-state index contributed by atoms with van der Waals surface area (Å²) in [6, 6.07) is 24.1. The SMILES string of the molecule is c1ccc(-[n+]2c3ccccc3nn2-c2ccccn2)cc1. The Labute approximate surface area is 121 Å². The van der Waals surface area contributed by atoms with Crippen molar-refractivity contribution in [3.05, 3.63) is 79.0 Å². The monoisotopic (exact) mass is 273 g/mol. The molecule has 0 saturated carbocycles. The van der Waals surface area contributed by atoms with E-state index in [4.69, 9.17) is 0 Å². The van der Waals surface area contributed by atoms with Gasteiger partial charge in [-0.3, -0.25) is 0 Å². The van der Waals surface area contributed by atoms with Crippen LogP contribution in [0.25, 0.3) is 22.5 Å². The number of para-hydroxylation sites is 2. The van der Waals surface area contributed by atoms with Crippen LogP contribution < -0.4 is 4.68 Å². The van der Waals surface area contributed by atoms with Gasteiger partial charge in [0.1, 0.15) is 0 Å². The van der Waals surface area contributed by atoms with Crippen molar-refractivity contribution >= 4 is 11.0 Å². The molecule has 100 valence electrons. The van der Waals surface area contributed by atoms with Gasteiger partial charge in [-0.1, -0.05) is 36.4 Å². The summed E-state index contributed by atoms with van der Waals surface area (Å²) < 4.78 is 2.07. The molecule has 0 amide bonds. The molecule has 4 nitrogen and oxygen atoms in total. The number of hydrogen-bond acceptors (Lipinski definition) is 2. The molecular formula is C17H13N4+. The Hall–Kier alpha value is -3.01. The molecule has 4 heteroatoms. The fraction of sp³-hybridized carbons (Fsp3) is 0. The Morgan fingerprint density at radius 1 is 0.762 bits per heavy atom. The van der Waals surface area contributed by atoms with Gasteiger partial charge < -0.3 is 0 Å². The molecule has 0 aliphatic rings. The fourth-order valence-corrected chi connectivity index (χ4v) is 2.42. The van der Waals surface area contributed by atoms with Gasteiger partial charge in [-0.15, -0.1) is 4.68 Å². The van der Waals surface area contributed by atoms with E-state index in [2.05, 4.69) is 33.0 Å². The van der Waals surface area contributed by atoms with Crippen LogP contribution >= 0.6 is 0 Å². The molecule has 2 heterocycles. The van der Waals surface area contributed by atoms with Crippen molar-refractivity contribution in [1.29, 1.82) is 0 Å². The summed E-state index contributed by atoms with van der Waals surface area (Å²) in [4.78, 5) is 6.24. The number of hydrogen-bond donors (Lipinski definition) is 0. The topological polar surface area (TPSA) is 34.6 Å². The lowest BCUT2D eigenvalue weighted by Crippen LogP contribution is -2.41. The van der Waals surface area contributed by atoms with Gasteiger partial charge in [0.15, 0.2) is 5.69 Å². The Balaban J connectivity index is 2.07. The van der Waals surface area contributed by atoms with E-state index in [1.54, 1.807) is 6.20 Å². The van der Waals surface area contributed by atoms with Crippen molar-refractivity contribution in [2.75, 3.05) is 0 Å². The van der Waals surface area contributed by atoms with Crippen LogP contribution in [-0.4, -0.2) is 14.9 Å². The van der Waals surface area contributed by atoms with Crippen molar-refractivity contribution in [1.82, 2.24) is 14.9 Å². The third-order valence-electron chi connectivity index (χ3n) is 3.36. The highest BCUT2D eigenvalue weighted by atomic mass is 15.6. The zero-order valence-corrected chi connectivity index (χ0v) is 11.3. The molecule has 0 fully saturated rings. The summed E-state index contributed by atoms with van der Waals surface area (Å²) in [6.45, 7) is 0. The van der Waals surface area contributed by atoms with Crippen LogP contribution in [0.5, 0.6) is 0 Å². The molecule has 4 aromatic rings. The molecule has 0 spiro atoms. The highest BCUT2D eigenvalue weighted by molar-refractivity contribution is 5.70. The largest absolute Gasteiger partial charge is 0.250 e. The molecule has 2 aromatic heterocycles. The standard InChI is InChI=1S/C17H13N4/c1-2-8-14(9-3-1)20-16-11-5-4-10-15(16)19-21(20)17-12-6-7-13-18-17/h1-13H/q+1. The first-order chi connectivity index (χ1) is 10.4. The zero-order chi connectivity index (χ0) is 14.1. The number of benzene rings is 2. The molecule has 2 aromatic carbocycles. The van der Waals surface area contributed by atoms with Crippen molar-refractivity contribution in [3.63, 3.8) is 0 Å². The molecule has 0 atom stereocenters. The van der Waals surface area contributed by atoms with Crippen LogP contribution in [0.1, 0.15) is 0 Å². The van der Waals surface area contributed by atoms with E-state index >= 15 is 0 Å². The van der Waals surface area contributed by atoms with Gasteiger partial charge >= 0.3 is 0 Å².